The number of morpholine rings is 1. The standard InChI is InChI=1S/C38H34N6O3/c45-37(41-32-5-1-26-11-14-39-34(26)25-32)27-2-7-33(8-3-27)44-16-13-29-24-31(6-10-36(29)44)40-38(46)30-4-9-35-28(23-30)12-15-43(35)18-17-42-19-21-47-22-20-42/h1-16,23-25,39H,17-22H2,(H,40,46)(H,41,45). The van der Waals surface area contributed by atoms with Gasteiger partial charge in [-0.2, -0.15) is 0 Å². The summed E-state index contributed by atoms with van der Waals surface area (Å²) < 4.78 is 9.77. The van der Waals surface area contributed by atoms with Gasteiger partial charge in [-0.1, -0.05) is 6.07 Å². The van der Waals surface area contributed by atoms with Gasteiger partial charge in [0.1, 0.15) is 0 Å². The first-order chi connectivity index (χ1) is 23.1. The van der Waals surface area contributed by atoms with E-state index in [-0.39, 0.29) is 11.8 Å². The van der Waals surface area contributed by atoms with Gasteiger partial charge in [0.15, 0.2) is 0 Å². The Kier molecular flexibility index (Phi) is 7.53. The van der Waals surface area contributed by atoms with Gasteiger partial charge in [0.05, 0.1) is 18.7 Å². The minimum atomic E-state index is -0.166. The van der Waals surface area contributed by atoms with E-state index in [1.807, 2.05) is 103 Å². The van der Waals surface area contributed by atoms with E-state index < -0.39 is 0 Å². The van der Waals surface area contributed by atoms with Crippen LogP contribution in [0.15, 0.2) is 116 Å². The summed E-state index contributed by atoms with van der Waals surface area (Å²) in [5.41, 5.74) is 6.70. The number of ether oxygens (including phenoxy) is 1. The van der Waals surface area contributed by atoms with Crippen molar-refractivity contribution in [3.8, 4) is 5.69 Å². The molecule has 3 aromatic heterocycles. The largest absolute Gasteiger partial charge is 0.379 e. The lowest BCUT2D eigenvalue weighted by molar-refractivity contribution is 0.0365. The summed E-state index contributed by atoms with van der Waals surface area (Å²) >= 11 is 0. The van der Waals surface area contributed by atoms with Crippen molar-refractivity contribution in [2.45, 2.75) is 6.54 Å². The van der Waals surface area contributed by atoms with E-state index in [1.165, 1.54) is 0 Å². The number of carbonyl (C=O) groups excluding carboxylic acids is 2. The lowest BCUT2D eigenvalue weighted by atomic mass is 10.1. The van der Waals surface area contributed by atoms with Crippen LogP contribution < -0.4 is 10.6 Å². The van der Waals surface area contributed by atoms with Gasteiger partial charge in [0.2, 0.25) is 0 Å². The normalized spacial score (nSPS) is 13.8. The van der Waals surface area contributed by atoms with Crippen LogP contribution in [0.2, 0.25) is 0 Å². The molecule has 0 spiro atoms. The van der Waals surface area contributed by atoms with Gasteiger partial charge in [-0.15, -0.1) is 0 Å². The Bertz CT molecular complexity index is 2240. The maximum atomic E-state index is 13.2. The van der Waals surface area contributed by atoms with Gasteiger partial charge in [0.25, 0.3) is 11.8 Å². The maximum Gasteiger partial charge on any atom is 0.255 e. The minimum Gasteiger partial charge on any atom is -0.379 e. The Morgan fingerprint density at radius 1 is 0.660 bits per heavy atom. The minimum absolute atomic E-state index is 0.145. The predicted molar refractivity (Wildman–Crippen MR) is 187 cm³/mol. The quantitative estimate of drug-likeness (QED) is 0.172. The van der Waals surface area contributed by atoms with E-state index in [0.29, 0.717) is 11.1 Å². The van der Waals surface area contributed by atoms with Crippen LogP contribution in [0.3, 0.4) is 0 Å². The van der Waals surface area contributed by atoms with Gasteiger partial charge in [-0.3, -0.25) is 14.5 Å². The number of H-pyrrole nitrogens is 1. The molecule has 47 heavy (non-hydrogen) atoms. The molecule has 234 valence electrons. The van der Waals surface area contributed by atoms with Gasteiger partial charge in [0, 0.05) is 94.8 Å². The number of nitrogens with one attached hydrogen (secondary N) is 3. The van der Waals surface area contributed by atoms with Crippen molar-refractivity contribution >= 4 is 55.9 Å². The molecule has 8 rings (SSSR count). The Morgan fingerprint density at radius 3 is 2.21 bits per heavy atom. The van der Waals surface area contributed by atoms with Crippen LogP contribution in [0.25, 0.3) is 38.4 Å². The number of hydrogen-bond donors (Lipinski definition) is 3. The molecule has 1 saturated heterocycles. The summed E-state index contributed by atoms with van der Waals surface area (Å²) in [5, 5.41) is 9.19. The van der Waals surface area contributed by atoms with Crippen LogP contribution >= 0.6 is 0 Å². The third-order valence-electron chi connectivity index (χ3n) is 8.96. The zero-order chi connectivity index (χ0) is 31.7. The molecule has 1 aliphatic heterocycles. The number of fused-ring (bicyclic) bond motifs is 3. The van der Waals surface area contributed by atoms with Crippen molar-refractivity contribution < 1.29 is 14.3 Å². The molecular weight excluding hydrogens is 588 g/mol. The fourth-order valence-corrected chi connectivity index (χ4v) is 6.36. The second-order valence-electron chi connectivity index (χ2n) is 11.9. The molecule has 0 unspecified atom stereocenters. The molecule has 0 atom stereocenters. The third-order valence-corrected chi connectivity index (χ3v) is 8.96. The van der Waals surface area contributed by atoms with E-state index in [4.69, 9.17) is 4.74 Å². The predicted octanol–water partition coefficient (Wildman–Crippen LogP) is 6.90. The molecule has 1 fully saturated rings. The topological polar surface area (TPSA) is 96.3 Å². The van der Waals surface area contributed by atoms with Gasteiger partial charge in [-0.05, 0) is 96.4 Å². The second-order valence-corrected chi connectivity index (χ2v) is 11.9. The molecule has 9 heteroatoms. The van der Waals surface area contributed by atoms with E-state index in [0.717, 1.165) is 89.2 Å². The molecule has 0 saturated carbocycles. The monoisotopic (exact) mass is 622 g/mol. The Morgan fingerprint density at radius 2 is 1.36 bits per heavy atom. The number of aromatic amines is 1. The van der Waals surface area contributed by atoms with Crippen molar-refractivity contribution in [3.63, 3.8) is 0 Å². The fourth-order valence-electron chi connectivity index (χ4n) is 6.36. The Labute approximate surface area is 271 Å². The molecule has 1 aliphatic rings. The van der Waals surface area contributed by atoms with Crippen molar-refractivity contribution in [1.29, 1.82) is 0 Å². The number of nitrogens with zero attached hydrogens (tertiary/aromatic N) is 3. The van der Waals surface area contributed by atoms with Crippen LogP contribution in [0, 0.1) is 0 Å². The highest BCUT2D eigenvalue weighted by Gasteiger charge is 2.14. The molecule has 4 heterocycles. The molecule has 0 radical (unpaired) electrons. The van der Waals surface area contributed by atoms with Gasteiger partial charge < -0.3 is 29.5 Å². The number of rotatable bonds is 8. The van der Waals surface area contributed by atoms with E-state index in [9.17, 15) is 9.59 Å². The lowest BCUT2D eigenvalue weighted by Gasteiger charge is -2.26. The maximum absolute atomic E-state index is 13.2. The summed E-state index contributed by atoms with van der Waals surface area (Å²) in [6.07, 6.45) is 5.97. The highest BCUT2D eigenvalue weighted by atomic mass is 16.5. The first-order valence-corrected chi connectivity index (χ1v) is 15.9. The summed E-state index contributed by atoms with van der Waals surface area (Å²) in [6, 6.07) is 31.2. The number of hydrogen-bond acceptors (Lipinski definition) is 4. The molecule has 2 amide bonds. The summed E-state index contributed by atoms with van der Waals surface area (Å²) in [7, 11) is 0. The lowest BCUT2D eigenvalue weighted by Crippen LogP contribution is -2.38. The number of benzene rings is 4. The first-order valence-electron chi connectivity index (χ1n) is 15.9. The third kappa shape index (κ3) is 5.90. The van der Waals surface area contributed by atoms with Crippen molar-refractivity contribution in [3.05, 3.63) is 127 Å². The number of amides is 2. The average Bonchev–Trinajstić information content (AvgIpc) is 3.86. The average molecular weight is 623 g/mol. The summed E-state index contributed by atoms with van der Waals surface area (Å²) in [5.74, 6) is -0.311. The van der Waals surface area contributed by atoms with E-state index >= 15 is 0 Å². The van der Waals surface area contributed by atoms with Gasteiger partial charge >= 0.3 is 0 Å². The highest BCUT2D eigenvalue weighted by molar-refractivity contribution is 6.07. The summed E-state index contributed by atoms with van der Waals surface area (Å²) in [6.45, 7) is 5.43. The van der Waals surface area contributed by atoms with Crippen LogP contribution in [0.4, 0.5) is 11.4 Å². The number of aromatic nitrogens is 3. The second kappa shape index (κ2) is 12.3. The first kappa shape index (κ1) is 28.8. The van der Waals surface area contributed by atoms with Crippen LogP contribution in [-0.2, 0) is 11.3 Å². The summed E-state index contributed by atoms with van der Waals surface area (Å²) in [4.78, 5) is 31.7. The van der Waals surface area contributed by atoms with Crippen molar-refractivity contribution in [1.82, 2.24) is 19.0 Å². The molecule has 7 aromatic rings. The molecule has 9 nitrogen and oxygen atoms in total. The molecular formula is C38H34N6O3. The smallest absolute Gasteiger partial charge is 0.255 e. The van der Waals surface area contributed by atoms with Crippen LogP contribution in [0.5, 0.6) is 0 Å². The molecule has 3 N–H and O–H groups in total. The number of anilines is 2. The Hall–Kier alpha value is -5.64. The molecule has 0 aliphatic carbocycles. The Balaban J connectivity index is 0.926. The van der Waals surface area contributed by atoms with Crippen LogP contribution in [0.1, 0.15) is 20.7 Å². The van der Waals surface area contributed by atoms with Crippen molar-refractivity contribution in [2.24, 2.45) is 0 Å². The number of carbonyl (C=O) groups is 2. The van der Waals surface area contributed by atoms with Crippen molar-refractivity contribution in [2.75, 3.05) is 43.5 Å². The highest BCUT2D eigenvalue weighted by Crippen LogP contribution is 2.26. The van der Waals surface area contributed by atoms with Gasteiger partial charge in [-0.25, -0.2) is 0 Å². The fraction of sp³-hybridized carbons (Fsp3) is 0.158. The zero-order valence-corrected chi connectivity index (χ0v) is 25.8. The molecule has 0 bridgehead atoms. The van der Waals surface area contributed by atoms with E-state index in [2.05, 4.69) is 41.9 Å². The molecule has 4 aromatic carbocycles. The van der Waals surface area contributed by atoms with E-state index in [1.54, 1.807) is 0 Å². The zero-order valence-electron chi connectivity index (χ0n) is 25.8. The SMILES string of the molecule is O=C(Nc1ccc2cc[nH]c2c1)c1ccc(-n2ccc3cc(NC(=O)c4ccc5c(ccn5CCN5CCOCC5)c4)ccc32)cc1. The van der Waals surface area contributed by atoms with Crippen LogP contribution in [-0.4, -0.2) is 63.7 Å².